The van der Waals surface area contributed by atoms with E-state index >= 15 is 0 Å². The number of sulfonamides is 1. The molecule has 0 radical (unpaired) electrons. The van der Waals surface area contributed by atoms with E-state index in [2.05, 4.69) is 11.1 Å². The van der Waals surface area contributed by atoms with Gasteiger partial charge in [-0.1, -0.05) is 55.0 Å². The van der Waals surface area contributed by atoms with E-state index in [9.17, 15) is 13.2 Å². The number of carbonyl (C=O) groups is 1. The summed E-state index contributed by atoms with van der Waals surface area (Å²) in [6.45, 7) is 6.63. The number of fused-ring (bicyclic) bond motifs is 1. The average Bonchev–Trinajstić information content (AvgIpc) is 3.07. The number of carbonyl (C=O) groups excluding carboxylic acids is 1. The highest BCUT2D eigenvalue weighted by Crippen LogP contribution is 2.43. The highest BCUT2D eigenvalue weighted by Gasteiger charge is 2.39. The monoisotopic (exact) mass is 469 g/mol. The van der Waals surface area contributed by atoms with Gasteiger partial charge < -0.3 is 4.90 Å². The first-order valence-electron chi connectivity index (χ1n) is 10.7. The van der Waals surface area contributed by atoms with E-state index in [0.717, 1.165) is 16.5 Å². The maximum absolute atomic E-state index is 13.5. The van der Waals surface area contributed by atoms with Crippen molar-refractivity contribution in [3.05, 3.63) is 71.9 Å². The summed E-state index contributed by atoms with van der Waals surface area (Å²) in [6.07, 6.45) is 1.60. The summed E-state index contributed by atoms with van der Waals surface area (Å²) in [7, 11) is -3.76. The number of aromatic nitrogens is 1. The van der Waals surface area contributed by atoms with E-state index in [-0.39, 0.29) is 28.0 Å². The molecule has 0 saturated carbocycles. The van der Waals surface area contributed by atoms with Crippen LogP contribution in [0.5, 0.6) is 0 Å². The minimum absolute atomic E-state index is 0.0433. The van der Waals surface area contributed by atoms with Gasteiger partial charge in [0.15, 0.2) is 0 Å². The number of nitrogens with zero attached hydrogens (tertiary/aromatic N) is 3. The second kappa shape index (κ2) is 9.21. The zero-order valence-corrected chi connectivity index (χ0v) is 20.1. The first-order valence-corrected chi connectivity index (χ1v) is 13.1. The Bertz CT molecular complexity index is 1240. The van der Waals surface area contributed by atoms with Crippen LogP contribution in [0.4, 0.5) is 0 Å². The minimum Gasteiger partial charge on any atom is -0.324 e. The lowest BCUT2D eigenvalue weighted by Gasteiger charge is -2.28. The number of benzene rings is 2. The number of likely N-dealkylation sites (N-methyl/N-ethyl adjacent to an activating group) is 1. The van der Waals surface area contributed by atoms with Crippen molar-refractivity contribution in [3.8, 4) is 0 Å². The number of hydrogen-bond acceptors (Lipinski definition) is 5. The molecule has 1 fully saturated rings. The molecule has 1 aliphatic heterocycles. The topological polar surface area (TPSA) is 70.6 Å². The van der Waals surface area contributed by atoms with Crippen molar-refractivity contribution in [2.75, 3.05) is 19.6 Å². The quantitative estimate of drug-likeness (QED) is 0.518. The Morgan fingerprint density at radius 1 is 1.12 bits per heavy atom. The second-order valence-corrected chi connectivity index (χ2v) is 11.2. The van der Waals surface area contributed by atoms with Crippen LogP contribution < -0.4 is 0 Å². The third-order valence-corrected chi connectivity index (χ3v) is 9.13. The standard InChI is InChI=1S/C24H27N3O3S2/c1-4-26(32(29,30)21-12-6-9-19-11-7-13-25-22(19)21)14-15-27-23(28)18(3)31-24(27)20-10-5-8-17(2)16-20/h5-13,16,18,24H,4,14-15H2,1-3H3. The number of rotatable bonds is 7. The lowest BCUT2D eigenvalue weighted by Crippen LogP contribution is -2.40. The number of para-hydroxylation sites is 1. The lowest BCUT2D eigenvalue weighted by atomic mass is 10.1. The molecule has 1 amide bonds. The first-order chi connectivity index (χ1) is 15.3. The van der Waals surface area contributed by atoms with Crippen molar-refractivity contribution in [1.82, 2.24) is 14.2 Å². The van der Waals surface area contributed by atoms with E-state index in [1.165, 1.54) is 4.31 Å². The van der Waals surface area contributed by atoms with Gasteiger partial charge in [0.25, 0.3) is 0 Å². The molecule has 3 aromatic rings. The van der Waals surface area contributed by atoms with Gasteiger partial charge in [0.2, 0.25) is 15.9 Å². The summed E-state index contributed by atoms with van der Waals surface area (Å²) >= 11 is 1.61. The Labute approximate surface area is 193 Å². The Balaban J connectivity index is 1.60. The van der Waals surface area contributed by atoms with Crippen molar-refractivity contribution in [1.29, 1.82) is 0 Å². The van der Waals surface area contributed by atoms with Crippen LogP contribution in [0.1, 0.15) is 30.3 Å². The predicted molar refractivity (Wildman–Crippen MR) is 129 cm³/mol. The molecule has 6 nitrogen and oxygen atoms in total. The van der Waals surface area contributed by atoms with Crippen molar-refractivity contribution in [2.45, 2.75) is 36.3 Å². The third-order valence-electron chi connectivity index (χ3n) is 5.73. The van der Waals surface area contributed by atoms with Gasteiger partial charge in [0.05, 0.1) is 10.8 Å². The van der Waals surface area contributed by atoms with Crippen molar-refractivity contribution in [3.63, 3.8) is 0 Å². The molecule has 8 heteroatoms. The Morgan fingerprint density at radius 3 is 2.62 bits per heavy atom. The summed E-state index contributed by atoms with van der Waals surface area (Å²) in [4.78, 5) is 19.2. The second-order valence-electron chi connectivity index (χ2n) is 7.90. The van der Waals surface area contributed by atoms with Gasteiger partial charge >= 0.3 is 0 Å². The van der Waals surface area contributed by atoms with Crippen LogP contribution in [-0.2, 0) is 14.8 Å². The summed E-state index contributed by atoms with van der Waals surface area (Å²) < 4.78 is 28.4. The highest BCUT2D eigenvalue weighted by molar-refractivity contribution is 8.01. The lowest BCUT2D eigenvalue weighted by molar-refractivity contribution is -0.129. The van der Waals surface area contributed by atoms with Crippen LogP contribution in [-0.4, -0.2) is 53.4 Å². The molecule has 0 aliphatic carbocycles. The molecule has 2 unspecified atom stereocenters. The molecule has 1 saturated heterocycles. The van der Waals surface area contributed by atoms with E-state index in [4.69, 9.17) is 0 Å². The Kier molecular flexibility index (Phi) is 6.55. The molecule has 2 atom stereocenters. The van der Waals surface area contributed by atoms with Crippen LogP contribution in [0.2, 0.25) is 0 Å². The van der Waals surface area contributed by atoms with Gasteiger partial charge in [-0.05, 0) is 31.5 Å². The fourth-order valence-corrected chi connectivity index (χ4v) is 6.98. The van der Waals surface area contributed by atoms with Crippen molar-refractivity contribution >= 4 is 38.6 Å². The number of pyridine rings is 1. The van der Waals surface area contributed by atoms with Gasteiger partial charge in [0.1, 0.15) is 10.3 Å². The molecule has 2 aromatic carbocycles. The van der Waals surface area contributed by atoms with Gasteiger partial charge in [-0.25, -0.2) is 8.42 Å². The first kappa shape index (κ1) is 22.8. The fraction of sp³-hybridized carbons (Fsp3) is 0.333. The zero-order chi connectivity index (χ0) is 22.9. The average molecular weight is 470 g/mol. The van der Waals surface area contributed by atoms with Gasteiger partial charge in [-0.15, -0.1) is 11.8 Å². The Hall–Kier alpha value is -2.42. The van der Waals surface area contributed by atoms with Gasteiger partial charge in [-0.3, -0.25) is 9.78 Å². The summed E-state index contributed by atoms with van der Waals surface area (Å²) in [5.41, 5.74) is 2.67. The molecule has 0 N–H and O–H groups in total. The number of hydrogen-bond donors (Lipinski definition) is 0. The van der Waals surface area contributed by atoms with Gasteiger partial charge in [0, 0.05) is 31.2 Å². The van der Waals surface area contributed by atoms with Crippen LogP contribution in [0.15, 0.2) is 65.7 Å². The van der Waals surface area contributed by atoms with E-state index in [1.807, 2.05) is 56.0 Å². The predicted octanol–water partition coefficient (Wildman–Crippen LogP) is 4.22. The summed E-state index contributed by atoms with van der Waals surface area (Å²) in [5, 5.41) is 0.511. The molecule has 1 aromatic heterocycles. The number of amides is 1. The number of aryl methyl sites for hydroxylation is 1. The van der Waals surface area contributed by atoms with Crippen LogP contribution in [0.3, 0.4) is 0 Å². The summed E-state index contributed by atoms with van der Waals surface area (Å²) in [5.74, 6) is 0.0433. The highest BCUT2D eigenvalue weighted by atomic mass is 32.2. The molecular weight excluding hydrogens is 442 g/mol. The van der Waals surface area contributed by atoms with E-state index < -0.39 is 10.0 Å². The smallest absolute Gasteiger partial charge is 0.245 e. The van der Waals surface area contributed by atoms with Gasteiger partial charge in [-0.2, -0.15) is 4.31 Å². The minimum atomic E-state index is -3.76. The molecular formula is C24H27N3O3S2. The molecule has 32 heavy (non-hydrogen) atoms. The Morgan fingerprint density at radius 2 is 1.88 bits per heavy atom. The van der Waals surface area contributed by atoms with E-state index in [1.54, 1.807) is 36.2 Å². The molecule has 0 spiro atoms. The number of thioether (sulfide) groups is 1. The zero-order valence-electron chi connectivity index (χ0n) is 18.4. The molecule has 1 aliphatic rings. The molecule has 4 rings (SSSR count). The summed E-state index contributed by atoms with van der Waals surface area (Å²) in [6, 6.07) is 17.0. The maximum Gasteiger partial charge on any atom is 0.245 e. The normalized spacial score (nSPS) is 19.2. The third kappa shape index (κ3) is 4.27. The van der Waals surface area contributed by atoms with E-state index in [0.29, 0.717) is 18.6 Å². The fourth-order valence-electron chi connectivity index (χ4n) is 4.07. The largest absolute Gasteiger partial charge is 0.324 e. The van der Waals surface area contributed by atoms with Crippen molar-refractivity contribution in [2.24, 2.45) is 0 Å². The van der Waals surface area contributed by atoms with Crippen LogP contribution in [0.25, 0.3) is 10.9 Å². The van der Waals surface area contributed by atoms with Crippen LogP contribution in [0, 0.1) is 6.92 Å². The molecule has 2 heterocycles. The molecule has 0 bridgehead atoms. The maximum atomic E-state index is 13.5. The molecule has 168 valence electrons. The van der Waals surface area contributed by atoms with Crippen molar-refractivity contribution < 1.29 is 13.2 Å². The van der Waals surface area contributed by atoms with Crippen LogP contribution >= 0.6 is 11.8 Å². The SMILES string of the molecule is CCN(CCN1C(=O)C(C)SC1c1cccc(C)c1)S(=O)(=O)c1cccc2cccnc12.